The summed E-state index contributed by atoms with van der Waals surface area (Å²) in [5.41, 5.74) is 1.03. The molecule has 0 radical (unpaired) electrons. The van der Waals surface area contributed by atoms with Crippen molar-refractivity contribution in [1.29, 1.82) is 0 Å². The summed E-state index contributed by atoms with van der Waals surface area (Å²) in [5, 5.41) is 4.08. The van der Waals surface area contributed by atoms with E-state index in [0.717, 1.165) is 5.69 Å². The SMILES string of the molecule is COC(=O)c1cc(CC(=O)OCCNc2cc(Cl)cc(Cl)c2)oc1C. The Balaban J connectivity index is 1.78. The molecule has 0 aliphatic carbocycles. The summed E-state index contributed by atoms with van der Waals surface area (Å²) >= 11 is 11.8. The van der Waals surface area contributed by atoms with Crippen molar-refractivity contribution in [3.8, 4) is 0 Å². The fraction of sp³-hybridized carbons (Fsp3) is 0.294. The van der Waals surface area contributed by atoms with E-state index in [2.05, 4.69) is 10.1 Å². The molecule has 1 heterocycles. The smallest absolute Gasteiger partial charge is 0.341 e. The summed E-state index contributed by atoms with van der Waals surface area (Å²) < 4.78 is 15.1. The second kappa shape index (κ2) is 8.78. The standard InChI is InChI=1S/C17H17Cl2NO5/c1-10-15(17(22)23-2)8-14(25-10)9-16(21)24-4-3-20-13-6-11(18)5-12(19)7-13/h5-8,20H,3-4,9H2,1-2H3. The van der Waals surface area contributed by atoms with Crippen LogP contribution < -0.4 is 5.32 Å². The predicted molar refractivity (Wildman–Crippen MR) is 94.4 cm³/mol. The fourth-order valence-corrected chi connectivity index (χ4v) is 2.68. The summed E-state index contributed by atoms with van der Waals surface area (Å²) in [6.45, 7) is 2.18. The quantitative estimate of drug-likeness (QED) is 0.575. The number of benzene rings is 1. The number of hydrogen-bond donors (Lipinski definition) is 1. The van der Waals surface area contributed by atoms with Crippen molar-refractivity contribution in [3.63, 3.8) is 0 Å². The predicted octanol–water partition coefficient (Wildman–Crippen LogP) is 3.88. The van der Waals surface area contributed by atoms with Crippen molar-refractivity contribution in [3.05, 3.63) is 51.4 Å². The van der Waals surface area contributed by atoms with Gasteiger partial charge in [0.25, 0.3) is 0 Å². The summed E-state index contributed by atoms with van der Waals surface area (Å²) in [6.07, 6.45) is -0.0686. The molecule has 0 unspecified atom stereocenters. The van der Waals surface area contributed by atoms with Gasteiger partial charge in [-0.15, -0.1) is 0 Å². The lowest BCUT2D eigenvalue weighted by atomic mass is 10.2. The van der Waals surface area contributed by atoms with Crippen LogP contribution in [0.1, 0.15) is 21.9 Å². The molecule has 0 aliphatic rings. The summed E-state index contributed by atoms with van der Waals surface area (Å²) in [5.74, 6) is -0.229. The van der Waals surface area contributed by atoms with Crippen LogP contribution in [0, 0.1) is 6.92 Å². The Labute approximate surface area is 155 Å². The monoisotopic (exact) mass is 385 g/mol. The molecule has 2 rings (SSSR count). The molecule has 0 atom stereocenters. The van der Waals surface area contributed by atoms with Gasteiger partial charge in [-0.05, 0) is 31.2 Å². The highest BCUT2D eigenvalue weighted by atomic mass is 35.5. The van der Waals surface area contributed by atoms with E-state index < -0.39 is 11.9 Å². The van der Waals surface area contributed by atoms with Crippen LogP contribution in [0.3, 0.4) is 0 Å². The maximum atomic E-state index is 11.8. The fourth-order valence-electron chi connectivity index (χ4n) is 2.15. The van der Waals surface area contributed by atoms with Crippen molar-refractivity contribution >= 4 is 40.8 Å². The van der Waals surface area contributed by atoms with E-state index in [4.69, 9.17) is 32.4 Å². The van der Waals surface area contributed by atoms with Crippen LogP contribution in [0.4, 0.5) is 5.69 Å². The summed E-state index contributed by atoms with van der Waals surface area (Å²) in [6, 6.07) is 6.54. The Morgan fingerprint density at radius 1 is 1.16 bits per heavy atom. The number of carbonyl (C=O) groups excluding carboxylic acids is 2. The number of ether oxygens (including phenoxy) is 2. The molecular formula is C17H17Cl2NO5. The van der Waals surface area contributed by atoms with Gasteiger partial charge >= 0.3 is 11.9 Å². The van der Waals surface area contributed by atoms with Crippen LogP contribution in [0.2, 0.25) is 10.0 Å². The van der Waals surface area contributed by atoms with Crippen LogP contribution in [0.25, 0.3) is 0 Å². The molecule has 1 aromatic heterocycles. The molecule has 1 aromatic carbocycles. The lowest BCUT2D eigenvalue weighted by Gasteiger charge is -2.08. The van der Waals surface area contributed by atoms with Gasteiger partial charge in [0.2, 0.25) is 0 Å². The molecule has 0 saturated heterocycles. The summed E-state index contributed by atoms with van der Waals surface area (Å²) in [7, 11) is 1.28. The normalized spacial score (nSPS) is 10.4. The number of anilines is 1. The van der Waals surface area contributed by atoms with Crippen LogP contribution in [-0.2, 0) is 20.7 Å². The van der Waals surface area contributed by atoms with Gasteiger partial charge in [0.15, 0.2) is 0 Å². The highest BCUT2D eigenvalue weighted by molar-refractivity contribution is 6.35. The van der Waals surface area contributed by atoms with Gasteiger partial charge in [-0.25, -0.2) is 4.79 Å². The van der Waals surface area contributed by atoms with Crippen LogP contribution >= 0.6 is 23.2 Å². The van der Waals surface area contributed by atoms with Gasteiger partial charge in [0.1, 0.15) is 30.1 Å². The minimum Gasteiger partial charge on any atom is -0.465 e. The number of methoxy groups -OCH3 is 1. The second-order valence-electron chi connectivity index (χ2n) is 5.16. The van der Waals surface area contributed by atoms with Crippen molar-refractivity contribution in [2.75, 3.05) is 25.6 Å². The first-order valence-corrected chi connectivity index (χ1v) is 8.18. The third kappa shape index (κ3) is 5.69. The molecule has 1 N–H and O–H groups in total. The molecule has 0 saturated carbocycles. The molecule has 0 fully saturated rings. The van der Waals surface area contributed by atoms with Crippen LogP contribution in [0.15, 0.2) is 28.7 Å². The van der Waals surface area contributed by atoms with E-state index in [0.29, 0.717) is 33.7 Å². The second-order valence-corrected chi connectivity index (χ2v) is 6.03. The molecule has 0 aliphatic heterocycles. The molecule has 6 nitrogen and oxygen atoms in total. The Hall–Kier alpha value is -2.18. The minimum atomic E-state index is -0.509. The van der Waals surface area contributed by atoms with E-state index >= 15 is 0 Å². The van der Waals surface area contributed by atoms with Crippen molar-refractivity contribution < 1.29 is 23.5 Å². The first kappa shape index (κ1) is 19.1. The van der Waals surface area contributed by atoms with E-state index in [1.54, 1.807) is 25.1 Å². The molecule has 2 aromatic rings. The van der Waals surface area contributed by atoms with Gasteiger partial charge < -0.3 is 19.2 Å². The number of nitrogens with one attached hydrogen (secondary N) is 1. The average molecular weight is 386 g/mol. The Kier molecular flexibility index (Phi) is 6.73. The molecule has 0 bridgehead atoms. The number of hydrogen-bond acceptors (Lipinski definition) is 6. The van der Waals surface area contributed by atoms with E-state index in [9.17, 15) is 9.59 Å². The van der Waals surface area contributed by atoms with Crippen LogP contribution in [0.5, 0.6) is 0 Å². The first-order chi connectivity index (χ1) is 11.9. The lowest BCUT2D eigenvalue weighted by Crippen LogP contribution is -2.15. The van der Waals surface area contributed by atoms with Crippen molar-refractivity contribution in [2.24, 2.45) is 0 Å². The minimum absolute atomic E-state index is 0.0686. The molecule has 25 heavy (non-hydrogen) atoms. The molecule has 0 amide bonds. The maximum absolute atomic E-state index is 11.8. The zero-order valence-electron chi connectivity index (χ0n) is 13.7. The van der Waals surface area contributed by atoms with Gasteiger partial charge in [-0.3, -0.25) is 4.79 Å². The van der Waals surface area contributed by atoms with Crippen molar-refractivity contribution in [2.45, 2.75) is 13.3 Å². The third-order valence-corrected chi connectivity index (χ3v) is 3.69. The van der Waals surface area contributed by atoms with E-state index in [1.807, 2.05) is 0 Å². The number of halogens is 2. The number of esters is 2. The molecule has 8 heteroatoms. The molecular weight excluding hydrogens is 369 g/mol. The zero-order chi connectivity index (χ0) is 18.4. The molecule has 0 spiro atoms. The van der Waals surface area contributed by atoms with E-state index in [-0.39, 0.29) is 13.0 Å². The van der Waals surface area contributed by atoms with Gasteiger partial charge in [0.05, 0.1) is 7.11 Å². The molecule has 134 valence electrons. The Morgan fingerprint density at radius 2 is 1.84 bits per heavy atom. The highest BCUT2D eigenvalue weighted by Gasteiger charge is 2.17. The third-order valence-electron chi connectivity index (χ3n) is 3.25. The maximum Gasteiger partial charge on any atom is 0.341 e. The first-order valence-electron chi connectivity index (χ1n) is 7.42. The Morgan fingerprint density at radius 3 is 2.48 bits per heavy atom. The average Bonchev–Trinajstić information content (AvgIpc) is 2.90. The van der Waals surface area contributed by atoms with Gasteiger partial charge in [0, 0.05) is 22.3 Å². The topological polar surface area (TPSA) is 77.8 Å². The van der Waals surface area contributed by atoms with Crippen molar-refractivity contribution in [1.82, 2.24) is 0 Å². The largest absolute Gasteiger partial charge is 0.465 e. The van der Waals surface area contributed by atoms with E-state index in [1.165, 1.54) is 13.2 Å². The zero-order valence-corrected chi connectivity index (χ0v) is 15.2. The number of furan rings is 1. The highest BCUT2D eigenvalue weighted by Crippen LogP contribution is 2.22. The van der Waals surface area contributed by atoms with Gasteiger partial charge in [-0.1, -0.05) is 23.2 Å². The summed E-state index contributed by atoms with van der Waals surface area (Å²) in [4.78, 5) is 23.3. The van der Waals surface area contributed by atoms with Crippen LogP contribution in [-0.4, -0.2) is 32.2 Å². The number of carbonyl (C=O) groups is 2. The number of aryl methyl sites for hydroxylation is 1. The lowest BCUT2D eigenvalue weighted by molar-refractivity contribution is -0.142. The Bertz CT molecular complexity index is 752. The van der Waals surface area contributed by atoms with Gasteiger partial charge in [-0.2, -0.15) is 0 Å². The number of rotatable bonds is 7.